The Hall–Kier alpha value is -1.59. The van der Waals surface area contributed by atoms with E-state index in [0.717, 1.165) is 12.0 Å². The summed E-state index contributed by atoms with van der Waals surface area (Å²) in [6, 6.07) is 6.32. The second-order valence-corrected chi connectivity index (χ2v) is 6.28. The van der Waals surface area contributed by atoms with E-state index in [-0.39, 0.29) is 17.6 Å². The third-order valence-corrected chi connectivity index (χ3v) is 3.80. The summed E-state index contributed by atoms with van der Waals surface area (Å²) < 4.78 is 0. The van der Waals surface area contributed by atoms with Crippen LogP contribution in [0.4, 0.5) is 0 Å². The molecule has 0 aromatic heterocycles. The van der Waals surface area contributed by atoms with Gasteiger partial charge in [0.2, 0.25) is 5.91 Å². The molecule has 1 rings (SSSR count). The van der Waals surface area contributed by atoms with Crippen LogP contribution in [0.1, 0.15) is 32.3 Å². The van der Waals surface area contributed by atoms with Gasteiger partial charge in [-0.2, -0.15) is 0 Å². The summed E-state index contributed by atoms with van der Waals surface area (Å²) in [4.78, 5) is 11.9. The number of aliphatic hydroxyl groups excluding tert-OH is 1. The van der Waals surface area contributed by atoms with E-state index >= 15 is 0 Å². The first-order valence-electron chi connectivity index (χ1n) is 7.76. The Labute approximate surface area is 132 Å². The molecule has 1 aromatic carbocycles. The van der Waals surface area contributed by atoms with E-state index in [2.05, 4.69) is 19.2 Å². The van der Waals surface area contributed by atoms with E-state index in [9.17, 15) is 15.0 Å². The summed E-state index contributed by atoms with van der Waals surface area (Å²) >= 11 is 0. The van der Waals surface area contributed by atoms with E-state index in [1.807, 2.05) is 0 Å². The molecule has 1 unspecified atom stereocenters. The molecule has 5 nitrogen and oxygen atoms in total. The van der Waals surface area contributed by atoms with Crippen LogP contribution in [0.2, 0.25) is 0 Å². The fourth-order valence-corrected chi connectivity index (χ4v) is 2.59. The molecule has 1 amide bonds. The van der Waals surface area contributed by atoms with E-state index in [1.54, 1.807) is 31.3 Å². The van der Waals surface area contributed by atoms with Crippen molar-refractivity contribution in [2.24, 2.45) is 17.6 Å². The molecule has 124 valence electrons. The van der Waals surface area contributed by atoms with Gasteiger partial charge in [-0.1, -0.05) is 26.0 Å². The number of benzene rings is 1. The van der Waals surface area contributed by atoms with Crippen molar-refractivity contribution < 1.29 is 15.0 Å². The predicted octanol–water partition coefficient (Wildman–Crippen LogP) is 1.42. The average molecular weight is 308 g/mol. The van der Waals surface area contributed by atoms with E-state index in [0.29, 0.717) is 18.8 Å². The lowest BCUT2D eigenvalue weighted by Gasteiger charge is -2.24. The SMILES string of the molecule is CNC(=O)[C@H](CC(C)C)C[C@H](O)C(N)Cc1ccc(O)cc1. The summed E-state index contributed by atoms with van der Waals surface area (Å²) in [7, 11) is 1.61. The monoisotopic (exact) mass is 308 g/mol. The van der Waals surface area contributed by atoms with Crippen LogP contribution in [-0.4, -0.2) is 35.3 Å². The number of hydrogen-bond acceptors (Lipinski definition) is 4. The smallest absolute Gasteiger partial charge is 0.222 e. The lowest BCUT2D eigenvalue weighted by atomic mass is 9.88. The van der Waals surface area contributed by atoms with Crippen molar-refractivity contribution in [1.82, 2.24) is 5.32 Å². The molecule has 0 fully saturated rings. The van der Waals surface area contributed by atoms with Crippen molar-refractivity contribution >= 4 is 5.91 Å². The maximum Gasteiger partial charge on any atom is 0.222 e. The molecular formula is C17H28N2O3. The molecule has 5 N–H and O–H groups in total. The number of nitrogens with one attached hydrogen (secondary N) is 1. The molecule has 0 aliphatic carbocycles. The van der Waals surface area contributed by atoms with Crippen molar-refractivity contribution in [2.45, 2.75) is 45.3 Å². The van der Waals surface area contributed by atoms with Crippen LogP contribution >= 0.6 is 0 Å². The van der Waals surface area contributed by atoms with Crippen LogP contribution < -0.4 is 11.1 Å². The molecule has 0 bridgehead atoms. The second kappa shape index (κ2) is 8.76. The van der Waals surface area contributed by atoms with Gasteiger partial charge in [0.1, 0.15) is 5.75 Å². The molecular weight excluding hydrogens is 280 g/mol. The summed E-state index contributed by atoms with van der Waals surface area (Å²) in [5.41, 5.74) is 7.01. The van der Waals surface area contributed by atoms with Gasteiger partial charge in [0.05, 0.1) is 6.10 Å². The predicted molar refractivity (Wildman–Crippen MR) is 87.4 cm³/mol. The third kappa shape index (κ3) is 6.03. The lowest BCUT2D eigenvalue weighted by Crippen LogP contribution is -2.40. The highest BCUT2D eigenvalue weighted by Gasteiger charge is 2.25. The number of phenols is 1. The highest BCUT2D eigenvalue weighted by Crippen LogP contribution is 2.20. The van der Waals surface area contributed by atoms with Crippen LogP contribution in [0.3, 0.4) is 0 Å². The molecule has 3 atom stereocenters. The number of aliphatic hydroxyl groups is 1. The molecule has 0 spiro atoms. The number of rotatable bonds is 8. The average Bonchev–Trinajstić information content (AvgIpc) is 2.47. The summed E-state index contributed by atoms with van der Waals surface area (Å²) in [5, 5.41) is 22.2. The van der Waals surface area contributed by atoms with Gasteiger partial charge in [0, 0.05) is 19.0 Å². The summed E-state index contributed by atoms with van der Waals surface area (Å²) in [6.45, 7) is 4.11. The Bertz CT molecular complexity index is 459. The highest BCUT2D eigenvalue weighted by atomic mass is 16.3. The fraction of sp³-hybridized carbons (Fsp3) is 0.588. The van der Waals surface area contributed by atoms with Gasteiger partial charge in [0.25, 0.3) is 0 Å². The molecule has 5 heteroatoms. The van der Waals surface area contributed by atoms with E-state index < -0.39 is 12.1 Å². The van der Waals surface area contributed by atoms with E-state index in [1.165, 1.54) is 0 Å². The first kappa shape index (κ1) is 18.5. The fourth-order valence-electron chi connectivity index (χ4n) is 2.59. The molecule has 0 aliphatic rings. The van der Waals surface area contributed by atoms with E-state index in [4.69, 9.17) is 5.73 Å². The zero-order valence-corrected chi connectivity index (χ0v) is 13.6. The van der Waals surface area contributed by atoms with Crippen LogP contribution in [0, 0.1) is 11.8 Å². The minimum absolute atomic E-state index is 0.0513. The highest BCUT2D eigenvalue weighted by molar-refractivity contribution is 5.78. The van der Waals surface area contributed by atoms with Crippen molar-refractivity contribution in [3.63, 3.8) is 0 Å². The van der Waals surface area contributed by atoms with Crippen LogP contribution in [0.15, 0.2) is 24.3 Å². The van der Waals surface area contributed by atoms with Gasteiger partial charge < -0.3 is 21.3 Å². The Morgan fingerprint density at radius 1 is 1.23 bits per heavy atom. The van der Waals surface area contributed by atoms with Gasteiger partial charge in [-0.3, -0.25) is 4.79 Å². The molecule has 0 radical (unpaired) electrons. The van der Waals surface area contributed by atoms with Gasteiger partial charge in [-0.15, -0.1) is 0 Å². The third-order valence-electron chi connectivity index (χ3n) is 3.80. The van der Waals surface area contributed by atoms with Crippen LogP contribution in [0.5, 0.6) is 5.75 Å². The zero-order chi connectivity index (χ0) is 16.7. The van der Waals surface area contributed by atoms with Gasteiger partial charge in [0.15, 0.2) is 0 Å². The first-order valence-corrected chi connectivity index (χ1v) is 7.76. The number of aromatic hydroxyl groups is 1. The van der Waals surface area contributed by atoms with Crippen molar-refractivity contribution in [3.8, 4) is 5.75 Å². The maximum absolute atomic E-state index is 11.9. The normalized spacial score (nSPS) is 15.4. The van der Waals surface area contributed by atoms with Crippen molar-refractivity contribution in [2.75, 3.05) is 7.05 Å². The molecule has 0 aliphatic heterocycles. The van der Waals surface area contributed by atoms with Gasteiger partial charge in [-0.05, 0) is 42.9 Å². The van der Waals surface area contributed by atoms with Crippen molar-refractivity contribution in [1.29, 1.82) is 0 Å². The lowest BCUT2D eigenvalue weighted by molar-refractivity contribution is -0.126. The van der Waals surface area contributed by atoms with Crippen LogP contribution in [0.25, 0.3) is 0 Å². The Balaban J connectivity index is 2.61. The number of nitrogens with two attached hydrogens (primary N) is 1. The topological polar surface area (TPSA) is 95.6 Å². The maximum atomic E-state index is 11.9. The number of carbonyl (C=O) groups is 1. The number of amides is 1. The van der Waals surface area contributed by atoms with Gasteiger partial charge in [-0.25, -0.2) is 0 Å². The minimum Gasteiger partial charge on any atom is -0.508 e. The number of phenolic OH excluding ortho intramolecular Hbond substituents is 1. The minimum atomic E-state index is -0.741. The first-order chi connectivity index (χ1) is 10.3. The molecule has 22 heavy (non-hydrogen) atoms. The molecule has 1 aromatic rings. The molecule has 0 saturated heterocycles. The zero-order valence-electron chi connectivity index (χ0n) is 13.6. The van der Waals surface area contributed by atoms with Gasteiger partial charge >= 0.3 is 0 Å². The molecule has 0 saturated carbocycles. The standard InChI is InChI=1S/C17H28N2O3/c1-11(2)8-13(17(22)19-3)10-16(21)15(18)9-12-4-6-14(20)7-5-12/h4-7,11,13,15-16,20-21H,8-10,18H2,1-3H3,(H,19,22)/t13-,15?,16+/m1/s1. The Morgan fingerprint density at radius 3 is 2.32 bits per heavy atom. The molecule has 0 heterocycles. The summed E-state index contributed by atoms with van der Waals surface area (Å²) in [5.74, 6) is 0.299. The Kier molecular flexibility index (Phi) is 7.35. The number of carbonyl (C=O) groups excluding carboxylic acids is 1. The number of hydrogen-bond donors (Lipinski definition) is 4. The summed E-state index contributed by atoms with van der Waals surface area (Å²) in [6.07, 6.45) is 0.846. The van der Waals surface area contributed by atoms with Crippen molar-refractivity contribution in [3.05, 3.63) is 29.8 Å². The Morgan fingerprint density at radius 2 is 1.82 bits per heavy atom. The second-order valence-electron chi connectivity index (χ2n) is 6.28. The van der Waals surface area contributed by atoms with Crippen LogP contribution in [-0.2, 0) is 11.2 Å². The quantitative estimate of drug-likeness (QED) is 0.584. The largest absolute Gasteiger partial charge is 0.508 e.